The Morgan fingerprint density at radius 2 is 1.80 bits per heavy atom. The fourth-order valence-corrected chi connectivity index (χ4v) is 2.86. The van der Waals surface area contributed by atoms with Gasteiger partial charge < -0.3 is 19.8 Å². The monoisotopic (exact) mass is 337 g/mol. The zero-order valence-electron chi connectivity index (χ0n) is 13.9. The van der Waals surface area contributed by atoms with E-state index in [1.165, 1.54) is 0 Å². The SMILES string of the molecule is CC(C(=O)NC(Cc1coc2ccccc12)B(O)O)c1ccccc1. The van der Waals surface area contributed by atoms with Crippen molar-refractivity contribution in [3.8, 4) is 0 Å². The molecule has 0 aliphatic carbocycles. The molecule has 0 saturated heterocycles. The topological polar surface area (TPSA) is 82.7 Å². The zero-order valence-corrected chi connectivity index (χ0v) is 13.9. The fourth-order valence-electron chi connectivity index (χ4n) is 2.86. The van der Waals surface area contributed by atoms with E-state index in [0.717, 1.165) is 22.1 Å². The van der Waals surface area contributed by atoms with Crippen molar-refractivity contribution in [2.24, 2.45) is 0 Å². The molecular weight excluding hydrogens is 317 g/mol. The summed E-state index contributed by atoms with van der Waals surface area (Å²) >= 11 is 0. The van der Waals surface area contributed by atoms with Crippen molar-refractivity contribution in [3.63, 3.8) is 0 Å². The highest BCUT2D eigenvalue weighted by Gasteiger charge is 2.28. The molecule has 6 heteroatoms. The minimum atomic E-state index is -1.67. The van der Waals surface area contributed by atoms with E-state index in [4.69, 9.17) is 4.42 Å². The smallest absolute Gasteiger partial charge is 0.464 e. The van der Waals surface area contributed by atoms with E-state index < -0.39 is 13.1 Å². The molecule has 0 radical (unpaired) electrons. The number of nitrogens with one attached hydrogen (secondary N) is 1. The van der Waals surface area contributed by atoms with Crippen molar-refractivity contribution < 1.29 is 19.3 Å². The van der Waals surface area contributed by atoms with Crippen molar-refractivity contribution in [3.05, 3.63) is 72.0 Å². The molecule has 0 aliphatic rings. The van der Waals surface area contributed by atoms with Crippen molar-refractivity contribution in [2.75, 3.05) is 0 Å². The average molecular weight is 337 g/mol. The second-order valence-corrected chi connectivity index (χ2v) is 6.12. The second kappa shape index (κ2) is 7.55. The number of amides is 1. The van der Waals surface area contributed by atoms with E-state index >= 15 is 0 Å². The quantitative estimate of drug-likeness (QED) is 0.603. The molecule has 1 amide bonds. The summed E-state index contributed by atoms with van der Waals surface area (Å²) in [4.78, 5) is 12.5. The highest BCUT2D eigenvalue weighted by molar-refractivity contribution is 6.43. The van der Waals surface area contributed by atoms with Gasteiger partial charge in [-0.2, -0.15) is 0 Å². The number of carbonyl (C=O) groups is 1. The number of fused-ring (bicyclic) bond motifs is 1. The van der Waals surface area contributed by atoms with Crippen LogP contribution in [0.15, 0.2) is 65.3 Å². The Bertz CT molecular complexity index is 847. The van der Waals surface area contributed by atoms with Gasteiger partial charge in [-0.1, -0.05) is 48.5 Å². The van der Waals surface area contributed by atoms with Crippen LogP contribution in [0.2, 0.25) is 0 Å². The van der Waals surface area contributed by atoms with E-state index in [1.54, 1.807) is 13.2 Å². The molecule has 0 bridgehead atoms. The number of carbonyl (C=O) groups excluding carboxylic acids is 1. The Hall–Kier alpha value is -2.57. The minimum Gasteiger partial charge on any atom is -0.464 e. The van der Waals surface area contributed by atoms with Crippen LogP contribution < -0.4 is 5.32 Å². The molecule has 3 N–H and O–H groups in total. The van der Waals surface area contributed by atoms with Gasteiger partial charge in [0.2, 0.25) is 5.91 Å². The summed E-state index contributed by atoms with van der Waals surface area (Å²) in [6.45, 7) is 1.79. The Kier molecular flexibility index (Phi) is 5.21. The highest BCUT2D eigenvalue weighted by Crippen LogP contribution is 2.22. The lowest BCUT2D eigenvalue weighted by molar-refractivity contribution is -0.122. The van der Waals surface area contributed by atoms with Gasteiger partial charge in [0.15, 0.2) is 0 Å². The summed E-state index contributed by atoms with van der Waals surface area (Å²) in [7, 11) is -1.67. The van der Waals surface area contributed by atoms with Crippen LogP contribution in [-0.2, 0) is 11.2 Å². The molecule has 128 valence electrons. The number of para-hydroxylation sites is 1. The fraction of sp³-hybridized carbons (Fsp3) is 0.211. The van der Waals surface area contributed by atoms with Crippen molar-refractivity contribution in [1.29, 1.82) is 0 Å². The summed E-state index contributed by atoms with van der Waals surface area (Å²) in [6, 6.07) is 16.9. The standard InChI is InChI=1S/C19H20BNO4/c1-13(14-7-3-2-4-8-14)19(22)21-18(20(23)24)11-15-12-25-17-10-6-5-9-16(15)17/h2-10,12-13,18,23-24H,11H2,1H3,(H,21,22). The molecule has 3 rings (SSSR count). The van der Waals surface area contributed by atoms with E-state index in [1.807, 2.05) is 54.6 Å². The number of benzene rings is 2. The number of furan rings is 1. The summed E-state index contributed by atoms with van der Waals surface area (Å²) < 4.78 is 5.48. The Labute approximate surface area is 146 Å². The van der Waals surface area contributed by atoms with E-state index in [2.05, 4.69) is 5.32 Å². The van der Waals surface area contributed by atoms with Gasteiger partial charge in [0.25, 0.3) is 0 Å². The molecular formula is C19H20BNO4. The Balaban J connectivity index is 1.74. The molecule has 0 aliphatic heterocycles. The summed E-state index contributed by atoms with van der Waals surface area (Å²) in [6.07, 6.45) is 1.86. The molecule has 2 aromatic carbocycles. The molecule has 25 heavy (non-hydrogen) atoms. The number of hydrogen-bond acceptors (Lipinski definition) is 4. The van der Waals surface area contributed by atoms with Crippen LogP contribution in [0.5, 0.6) is 0 Å². The van der Waals surface area contributed by atoms with Gasteiger partial charge in [0, 0.05) is 5.39 Å². The predicted molar refractivity (Wildman–Crippen MR) is 96.9 cm³/mol. The van der Waals surface area contributed by atoms with Crippen LogP contribution >= 0.6 is 0 Å². The van der Waals surface area contributed by atoms with Crippen LogP contribution in [0, 0.1) is 0 Å². The number of hydrogen-bond donors (Lipinski definition) is 3. The zero-order chi connectivity index (χ0) is 17.8. The normalized spacial score (nSPS) is 13.4. The molecule has 1 heterocycles. The first-order chi connectivity index (χ1) is 12.1. The van der Waals surface area contributed by atoms with Crippen molar-refractivity contribution in [2.45, 2.75) is 25.2 Å². The van der Waals surface area contributed by atoms with Crippen molar-refractivity contribution >= 4 is 24.0 Å². The first kappa shape index (κ1) is 17.3. The first-order valence-corrected chi connectivity index (χ1v) is 8.23. The third-order valence-electron chi connectivity index (χ3n) is 4.38. The predicted octanol–water partition coefficient (Wildman–Crippen LogP) is 2.28. The maximum absolute atomic E-state index is 12.5. The van der Waals surface area contributed by atoms with Crippen LogP contribution in [0.25, 0.3) is 11.0 Å². The van der Waals surface area contributed by atoms with Crippen molar-refractivity contribution in [1.82, 2.24) is 5.32 Å². The lowest BCUT2D eigenvalue weighted by Crippen LogP contribution is -2.49. The highest BCUT2D eigenvalue weighted by atomic mass is 16.4. The Morgan fingerprint density at radius 1 is 1.12 bits per heavy atom. The molecule has 2 atom stereocenters. The van der Waals surface area contributed by atoms with Gasteiger partial charge in [0.05, 0.1) is 18.1 Å². The number of rotatable bonds is 6. The van der Waals surface area contributed by atoms with Crippen LogP contribution in [-0.4, -0.2) is 29.0 Å². The van der Waals surface area contributed by atoms with Gasteiger partial charge in [0.1, 0.15) is 5.58 Å². The Morgan fingerprint density at radius 3 is 2.52 bits per heavy atom. The molecule has 5 nitrogen and oxygen atoms in total. The maximum Gasteiger partial charge on any atom is 0.475 e. The van der Waals surface area contributed by atoms with E-state index in [9.17, 15) is 14.8 Å². The lowest BCUT2D eigenvalue weighted by Gasteiger charge is -2.20. The molecule has 0 fully saturated rings. The average Bonchev–Trinajstić information content (AvgIpc) is 3.04. The summed E-state index contributed by atoms with van der Waals surface area (Å²) in [5, 5.41) is 23.0. The summed E-state index contributed by atoms with van der Waals surface area (Å²) in [5.41, 5.74) is 2.42. The molecule has 0 spiro atoms. The third kappa shape index (κ3) is 3.92. The minimum absolute atomic E-state index is 0.253. The molecule has 1 aromatic heterocycles. The van der Waals surface area contributed by atoms with Gasteiger partial charge in [-0.3, -0.25) is 4.79 Å². The first-order valence-electron chi connectivity index (χ1n) is 8.23. The van der Waals surface area contributed by atoms with Crippen LogP contribution in [0.1, 0.15) is 24.0 Å². The van der Waals surface area contributed by atoms with Gasteiger partial charge in [-0.05, 0) is 30.5 Å². The van der Waals surface area contributed by atoms with Gasteiger partial charge >= 0.3 is 7.12 Å². The molecule has 2 unspecified atom stereocenters. The van der Waals surface area contributed by atoms with Crippen LogP contribution in [0.3, 0.4) is 0 Å². The van der Waals surface area contributed by atoms with E-state index in [0.29, 0.717) is 0 Å². The summed E-state index contributed by atoms with van der Waals surface area (Å²) in [5.74, 6) is -1.46. The van der Waals surface area contributed by atoms with Gasteiger partial charge in [-0.25, -0.2) is 0 Å². The third-order valence-corrected chi connectivity index (χ3v) is 4.38. The van der Waals surface area contributed by atoms with Crippen LogP contribution in [0.4, 0.5) is 0 Å². The molecule has 0 saturated carbocycles. The van der Waals surface area contributed by atoms with E-state index in [-0.39, 0.29) is 18.2 Å². The van der Waals surface area contributed by atoms with Gasteiger partial charge in [-0.15, -0.1) is 0 Å². The molecule has 3 aromatic rings. The maximum atomic E-state index is 12.5. The lowest BCUT2D eigenvalue weighted by atomic mass is 9.75. The largest absolute Gasteiger partial charge is 0.475 e. The second-order valence-electron chi connectivity index (χ2n) is 6.12.